The molecule has 0 aliphatic carbocycles. The van der Waals surface area contributed by atoms with Gasteiger partial charge in [-0.15, -0.1) is 0 Å². The van der Waals surface area contributed by atoms with Gasteiger partial charge in [-0.25, -0.2) is 0 Å². The summed E-state index contributed by atoms with van der Waals surface area (Å²) in [5.74, 6) is 1.58. The van der Waals surface area contributed by atoms with E-state index in [1.807, 2.05) is 55.6 Å². The molecule has 0 amide bonds. The minimum atomic E-state index is 0.463. The topological polar surface area (TPSA) is 47.3 Å². The summed E-state index contributed by atoms with van der Waals surface area (Å²) in [4.78, 5) is 0. The Hall–Kier alpha value is -2.26. The van der Waals surface area contributed by atoms with Gasteiger partial charge in [0.25, 0.3) is 0 Å². The Balaban J connectivity index is 2.17. The smallest absolute Gasteiger partial charge is 0.131 e. The van der Waals surface area contributed by atoms with Crippen LogP contribution in [-0.2, 0) is 6.54 Å². The lowest BCUT2D eigenvalue weighted by Gasteiger charge is -2.11. The molecule has 3 N–H and O–H groups in total. The zero-order valence-corrected chi connectivity index (χ0v) is 11.0. The van der Waals surface area contributed by atoms with Crippen molar-refractivity contribution < 1.29 is 4.74 Å². The normalized spacial score (nSPS) is 10.0. The molecule has 0 saturated heterocycles. The quantitative estimate of drug-likeness (QED) is 0.861. The number of para-hydroxylation sites is 1. The Kier molecular flexibility index (Phi) is 4.21. The van der Waals surface area contributed by atoms with Gasteiger partial charge in [-0.1, -0.05) is 24.8 Å². The Morgan fingerprint density at radius 1 is 1.16 bits per heavy atom. The van der Waals surface area contributed by atoms with Crippen LogP contribution in [0.5, 0.6) is 11.5 Å². The second-order valence-corrected chi connectivity index (χ2v) is 4.17. The van der Waals surface area contributed by atoms with E-state index in [0.717, 1.165) is 28.3 Å². The van der Waals surface area contributed by atoms with Gasteiger partial charge in [0, 0.05) is 24.9 Å². The standard InChI is InChI=1S/C16H18N2O/c1-12(18-2)13-7-9-15(10-8-13)19-16-6-4-3-5-14(16)11-17/h3-10,18H,1,11,17H2,2H3. The van der Waals surface area contributed by atoms with E-state index in [2.05, 4.69) is 11.9 Å². The van der Waals surface area contributed by atoms with Crippen molar-refractivity contribution in [1.82, 2.24) is 5.32 Å². The van der Waals surface area contributed by atoms with Gasteiger partial charge in [0.2, 0.25) is 0 Å². The van der Waals surface area contributed by atoms with Crippen molar-refractivity contribution in [2.24, 2.45) is 5.73 Å². The molecule has 3 nitrogen and oxygen atoms in total. The molecule has 0 spiro atoms. The first-order chi connectivity index (χ1) is 9.24. The minimum Gasteiger partial charge on any atom is -0.457 e. The van der Waals surface area contributed by atoms with Crippen LogP contribution in [0.4, 0.5) is 0 Å². The van der Waals surface area contributed by atoms with Crippen LogP contribution in [0, 0.1) is 0 Å². The van der Waals surface area contributed by atoms with Gasteiger partial charge in [0.15, 0.2) is 0 Å². The minimum absolute atomic E-state index is 0.463. The van der Waals surface area contributed by atoms with Crippen molar-refractivity contribution >= 4 is 5.70 Å². The molecule has 0 unspecified atom stereocenters. The van der Waals surface area contributed by atoms with Crippen LogP contribution >= 0.6 is 0 Å². The second-order valence-electron chi connectivity index (χ2n) is 4.17. The second kappa shape index (κ2) is 6.07. The molecule has 2 aromatic rings. The first kappa shape index (κ1) is 13.2. The molecule has 0 aliphatic rings. The fourth-order valence-electron chi connectivity index (χ4n) is 1.77. The molecule has 2 aromatic carbocycles. The SMILES string of the molecule is C=C(NC)c1ccc(Oc2ccccc2CN)cc1. The van der Waals surface area contributed by atoms with Gasteiger partial charge in [0.1, 0.15) is 11.5 Å². The molecule has 0 aromatic heterocycles. The maximum atomic E-state index is 5.84. The highest BCUT2D eigenvalue weighted by molar-refractivity contribution is 5.62. The predicted molar refractivity (Wildman–Crippen MR) is 78.9 cm³/mol. The Labute approximate surface area is 113 Å². The van der Waals surface area contributed by atoms with Crippen molar-refractivity contribution in [1.29, 1.82) is 0 Å². The molecule has 3 heteroatoms. The summed E-state index contributed by atoms with van der Waals surface area (Å²) in [5.41, 5.74) is 8.60. The van der Waals surface area contributed by atoms with E-state index < -0.39 is 0 Å². The van der Waals surface area contributed by atoms with Crippen LogP contribution in [0.25, 0.3) is 5.70 Å². The van der Waals surface area contributed by atoms with E-state index in [1.165, 1.54) is 0 Å². The third kappa shape index (κ3) is 3.14. The molecule has 2 rings (SSSR count). The third-order valence-corrected chi connectivity index (χ3v) is 2.92. The van der Waals surface area contributed by atoms with E-state index in [-0.39, 0.29) is 0 Å². The van der Waals surface area contributed by atoms with E-state index >= 15 is 0 Å². The van der Waals surface area contributed by atoms with E-state index in [9.17, 15) is 0 Å². The molecule has 0 bridgehead atoms. The summed E-state index contributed by atoms with van der Waals surface area (Å²) in [6.45, 7) is 4.38. The molecular weight excluding hydrogens is 236 g/mol. The first-order valence-corrected chi connectivity index (χ1v) is 6.17. The summed E-state index contributed by atoms with van der Waals surface area (Å²) in [5, 5.41) is 3.02. The molecule has 0 radical (unpaired) electrons. The van der Waals surface area contributed by atoms with Gasteiger partial charge in [-0.2, -0.15) is 0 Å². The summed E-state index contributed by atoms with van der Waals surface area (Å²) in [7, 11) is 1.85. The molecular formula is C16H18N2O. The number of nitrogens with two attached hydrogens (primary N) is 1. The highest BCUT2D eigenvalue weighted by atomic mass is 16.5. The number of nitrogens with one attached hydrogen (secondary N) is 1. The number of hydrogen-bond donors (Lipinski definition) is 2. The lowest BCUT2D eigenvalue weighted by Crippen LogP contribution is -2.02. The van der Waals surface area contributed by atoms with Gasteiger partial charge >= 0.3 is 0 Å². The largest absolute Gasteiger partial charge is 0.457 e. The maximum absolute atomic E-state index is 5.84. The van der Waals surface area contributed by atoms with Gasteiger partial charge in [0.05, 0.1) is 0 Å². The Bertz CT molecular complexity index is 561. The van der Waals surface area contributed by atoms with Crippen molar-refractivity contribution in [3.8, 4) is 11.5 Å². The van der Waals surface area contributed by atoms with Crippen LogP contribution in [0.1, 0.15) is 11.1 Å². The van der Waals surface area contributed by atoms with Crippen LogP contribution < -0.4 is 15.8 Å². The van der Waals surface area contributed by atoms with Crippen molar-refractivity contribution in [3.05, 3.63) is 66.2 Å². The molecule has 19 heavy (non-hydrogen) atoms. The van der Waals surface area contributed by atoms with Crippen LogP contribution in [0.2, 0.25) is 0 Å². The lowest BCUT2D eigenvalue weighted by atomic mass is 10.1. The molecule has 0 saturated carbocycles. The zero-order chi connectivity index (χ0) is 13.7. The van der Waals surface area contributed by atoms with E-state index in [4.69, 9.17) is 10.5 Å². The van der Waals surface area contributed by atoms with Crippen molar-refractivity contribution in [2.75, 3.05) is 7.05 Å². The average Bonchev–Trinajstić information content (AvgIpc) is 2.48. The monoisotopic (exact) mass is 254 g/mol. The molecule has 0 atom stereocenters. The number of hydrogen-bond acceptors (Lipinski definition) is 3. The number of benzene rings is 2. The Morgan fingerprint density at radius 2 is 1.84 bits per heavy atom. The lowest BCUT2D eigenvalue weighted by molar-refractivity contribution is 0.476. The fraction of sp³-hybridized carbons (Fsp3) is 0.125. The highest BCUT2D eigenvalue weighted by Crippen LogP contribution is 2.25. The average molecular weight is 254 g/mol. The summed E-state index contributed by atoms with van der Waals surface area (Å²) in [6, 6.07) is 15.6. The van der Waals surface area contributed by atoms with Crippen LogP contribution in [0.3, 0.4) is 0 Å². The molecule has 98 valence electrons. The highest BCUT2D eigenvalue weighted by Gasteiger charge is 2.03. The van der Waals surface area contributed by atoms with Gasteiger partial charge < -0.3 is 15.8 Å². The fourth-order valence-corrected chi connectivity index (χ4v) is 1.77. The van der Waals surface area contributed by atoms with E-state index in [0.29, 0.717) is 6.54 Å². The predicted octanol–water partition coefficient (Wildman–Crippen LogP) is 3.13. The van der Waals surface area contributed by atoms with Gasteiger partial charge in [-0.3, -0.25) is 0 Å². The molecule has 0 fully saturated rings. The molecule has 0 aliphatic heterocycles. The van der Waals surface area contributed by atoms with Crippen molar-refractivity contribution in [2.45, 2.75) is 6.54 Å². The first-order valence-electron chi connectivity index (χ1n) is 6.17. The summed E-state index contributed by atoms with van der Waals surface area (Å²) < 4.78 is 5.84. The summed E-state index contributed by atoms with van der Waals surface area (Å²) >= 11 is 0. The molecule has 0 heterocycles. The zero-order valence-electron chi connectivity index (χ0n) is 11.0. The van der Waals surface area contributed by atoms with Crippen LogP contribution in [-0.4, -0.2) is 7.05 Å². The van der Waals surface area contributed by atoms with E-state index in [1.54, 1.807) is 0 Å². The third-order valence-electron chi connectivity index (χ3n) is 2.92. The number of rotatable bonds is 5. The van der Waals surface area contributed by atoms with Crippen molar-refractivity contribution in [3.63, 3.8) is 0 Å². The van der Waals surface area contributed by atoms with Gasteiger partial charge in [-0.05, 0) is 35.9 Å². The van der Waals surface area contributed by atoms with Crippen LogP contribution in [0.15, 0.2) is 55.1 Å². The maximum Gasteiger partial charge on any atom is 0.131 e. The number of ether oxygens (including phenoxy) is 1. The summed E-state index contributed by atoms with van der Waals surface area (Å²) in [6.07, 6.45) is 0. The Morgan fingerprint density at radius 3 is 2.47 bits per heavy atom.